The molecule has 0 radical (unpaired) electrons. The van der Waals surface area contributed by atoms with Gasteiger partial charge < -0.3 is 9.47 Å². The summed E-state index contributed by atoms with van der Waals surface area (Å²) in [7, 11) is 0. The molecule has 4 heteroatoms. The fraction of sp³-hybridized carbons (Fsp3) is 0.600. The summed E-state index contributed by atoms with van der Waals surface area (Å²) in [5, 5.41) is 1.19. The number of benzene rings is 1. The van der Waals surface area contributed by atoms with Gasteiger partial charge in [-0.15, -0.1) is 0 Å². The summed E-state index contributed by atoms with van der Waals surface area (Å²) >= 11 is 12.2. The molecule has 106 valence electrons. The van der Waals surface area contributed by atoms with E-state index in [1.807, 2.05) is 13.0 Å². The molecule has 0 bridgehead atoms. The van der Waals surface area contributed by atoms with Crippen molar-refractivity contribution < 1.29 is 9.47 Å². The van der Waals surface area contributed by atoms with Gasteiger partial charge in [-0.05, 0) is 30.9 Å². The molecule has 1 aliphatic heterocycles. The molecule has 2 rings (SSSR count). The minimum absolute atomic E-state index is 0.0942. The summed E-state index contributed by atoms with van der Waals surface area (Å²) in [5.74, 6) is -0.780. The van der Waals surface area contributed by atoms with Gasteiger partial charge in [-0.3, -0.25) is 0 Å². The lowest BCUT2D eigenvalue weighted by Gasteiger charge is -2.27. The summed E-state index contributed by atoms with van der Waals surface area (Å²) in [6.45, 7) is 9.08. The summed E-state index contributed by atoms with van der Waals surface area (Å²) < 4.78 is 11.9. The van der Waals surface area contributed by atoms with Crippen LogP contribution in [0.25, 0.3) is 0 Å². The maximum absolute atomic E-state index is 6.24. The molecule has 0 N–H and O–H groups in total. The third-order valence-electron chi connectivity index (χ3n) is 3.20. The van der Waals surface area contributed by atoms with Gasteiger partial charge in [-0.2, -0.15) is 0 Å². The Bertz CT molecular complexity index is 468. The van der Waals surface area contributed by atoms with E-state index in [4.69, 9.17) is 32.7 Å². The van der Waals surface area contributed by atoms with E-state index in [2.05, 4.69) is 20.8 Å². The molecule has 1 aromatic carbocycles. The number of ether oxygens (including phenoxy) is 2. The third-order valence-corrected chi connectivity index (χ3v) is 3.74. The van der Waals surface area contributed by atoms with Crippen molar-refractivity contribution in [3.05, 3.63) is 33.8 Å². The van der Waals surface area contributed by atoms with Gasteiger partial charge in [-0.25, -0.2) is 0 Å². The highest BCUT2D eigenvalue weighted by molar-refractivity contribution is 6.35. The van der Waals surface area contributed by atoms with Crippen molar-refractivity contribution in [2.24, 2.45) is 5.41 Å². The Morgan fingerprint density at radius 3 is 2.58 bits per heavy atom. The first-order valence-electron chi connectivity index (χ1n) is 6.47. The Kier molecular flexibility index (Phi) is 4.18. The summed E-state index contributed by atoms with van der Waals surface area (Å²) in [6, 6.07) is 5.38. The summed E-state index contributed by atoms with van der Waals surface area (Å²) in [5.41, 5.74) is 1.04. The van der Waals surface area contributed by atoms with E-state index in [0.29, 0.717) is 16.7 Å². The molecule has 2 atom stereocenters. The average Bonchev–Trinajstić information content (AvgIpc) is 2.57. The third kappa shape index (κ3) is 3.63. The molecular weight excluding hydrogens is 283 g/mol. The van der Waals surface area contributed by atoms with E-state index in [-0.39, 0.29) is 11.5 Å². The topological polar surface area (TPSA) is 18.5 Å². The van der Waals surface area contributed by atoms with Crippen molar-refractivity contribution in [3.63, 3.8) is 0 Å². The van der Waals surface area contributed by atoms with E-state index >= 15 is 0 Å². The van der Waals surface area contributed by atoms with Gasteiger partial charge in [0.1, 0.15) is 0 Å². The number of hydrogen-bond donors (Lipinski definition) is 0. The lowest BCUT2D eigenvalue weighted by atomic mass is 9.89. The Balaban J connectivity index is 2.17. The normalized spacial score (nSPS) is 27.8. The molecule has 0 saturated carbocycles. The lowest BCUT2D eigenvalue weighted by molar-refractivity contribution is -0.164. The predicted molar refractivity (Wildman–Crippen MR) is 78.7 cm³/mol. The Morgan fingerprint density at radius 2 is 2.00 bits per heavy atom. The van der Waals surface area contributed by atoms with Crippen LogP contribution in [0.15, 0.2) is 18.2 Å². The van der Waals surface area contributed by atoms with E-state index in [0.717, 1.165) is 12.0 Å². The highest BCUT2D eigenvalue weighted by atomic mass is 35.5. The van der Waals surface area contributed by atoms with Gasteiger partial charge in [0.15, 0.2) is 5.79 Å². The Morgan fingerprint density at radius 1 is 1.32 bits per heavy atom. The van der Waals surface area contributed by atoms with Crippen LogP contribution in [0.2, 0.25) is 10.0 Å². The van der Waals surface area contributed by atoms with Gasteiger partial charge in [0.25, 0.3) is 0 Å². The van der Waals surface area contributed by atoms with Crippen LogP contribution in [0.4, 0.5) is 0 Å². The Labute approximate surface area is 125 Å². The van der Waals surface area contributed by atoms with Crippen molar-refractivity contribution in [1.29, 1.82) is 0 Å². The fourth-order valence-corrected chi connectivity index (χ4v) is 3.00. The minimum atomic E-state index is -0.780. The van der Waals surface area contributed by atoms with Crippen LogP contribution in [0.3, 0.4) is 0 Å². The zero-order valence-corrected chi connectivity index (χ0v) is 13.3. The molecule has 1 aromatic rings. The highest BCUT2D eigenvalue weighted by Crippen LogP contribution is 2.40. The average molecular weight is 303 g/mol. The SMILES string of the molecule is CC(C)(C)C[C@@H]1CO[C@](C)(c2ccc(Cl)cc2Cl)O1. The Hall–Kier alpha value is -0.280. The van der Waals surface area contributed by atoms with Crippen molar-refractivity contribution >= 4 is 23.2 Å². The van der Waals surface area contributed by atoms with E-state index in [1.165, 1.54) is 0 Å². The van der Waals surface area contributed by atoms with Gasteiger partial charge in [0.2, 0.25) is 0 Å². The zero-order valence-electron chi connectivity index (χ0n) is 11.8. The lowest BCUT2D eigenvalue weighted by Crippen LogP contribution is -2.26. The fourth-order valence-electron chi connectivity index (χ4n) is 2.42. The van der Waals surface area contributed by atoms with Gasteiger partial charge >= 0.3 is 0 Å². The molecule has 0 unspecified atom stereocenters. The van der Waals surface area contributed by atoms with E-state index < -0.39 is 5.79 Å². The zero-order chi connectivity index (χ0) is 14.3. The van der Waals surface area contributed by atoms with Crippen LogP contribution >= 0.6 is 23.2 Å². The maximum atomic E-state index is 6.24. The molecule has 1 heterocycles. The number of hydrogen-bond acceptors (Lipinski definition) is 2. The van der Waals surface area contributed by atoms with E-state index in [1.54, 1.807) is 12.1 Å². The van der Waals surface area contributed by atoms with Crippen LogP contribution in [0.1, 0.15) is 39.7 Å². The second kappa shape index (κ2) is 5.25. The van der Waals surface area contributed by atoms with Crippen molar-refractivity contribution in [2.45, 2.75) is 46.0 Å². The van der Waals surface area contributed by atoms with Crippen LogP contribution in [-0.2, 0) is 15.3 Å². The van der Waals surface area contributed by atoms with Gasteiger partial charge in [0, 0.05) is 10.6 Å². The molecule has 1 aliphatic rings. The molecule has 0 amide bonds. The molecule has 0 spiro atoms. The van der Waals surface area contributed by atoms with Crippen LogP contribution in [-0.4, -0.2) is 12.7 Å². The second-order valence-corrected chi connectivity index (χ2v) is 7.23. The molecule has 0 aromatic heterocycles. The summed E-state index contributed by atoms with van der Waals surface area (Å²) in [6.07, 6.45) is 1.05. The maximum Gasteiger partial charge on any atom is 0.193 e. The van der Waals surface area contributed by atoms with Crippen LogP contribution < -0.4 is 0 Å². The minimum Gasteiger partial charge on any atom is -0.343 e. The first kappa shape index (κ1) is 15.1. The standard InChI is InChI=1S/C15H20Cl2O2/c1-14(2,3)8-11-9-18-15(4,19-11)12-6-5-10(16)7-13(12)17/h5-7,11H,8-9H2,1-4H3/t11-,15+/m1/s1. The molecular formula is C15H20Cl2O2. The van der Waals surface area contributed by atoms with Gasteiger partial charge in [0.05, 0.1) is 17.7 Å². The van der Waals surface area contributed by atoms with Gasteiger partial charge in [-0.1, -0.05) is 50.0 Å². The second-order valence-electron chi connectivity index (χ2n) is 6.39. The summed E-state index contributed by atoms with van der Waals surface area (Å²) in [4.78, 5) is 0. The first-order chi connectivity index (χ1) is 8.70. The number of halogens is 2. The van der Waals surface area contributed by atoms with E-state index in [9.17, 15) is 0 Å². The molecule has 2 nitrogen and oxygen atoms in total. The van der Waals surface area contributed by atoms with Crippen LogP contribution in [0.5, 0.6) is 0 Å². The van der Waals surface area contributed by atoms with Crippen molar-refractivity contribution in [2.75, 3.05) is 6.61 Å². The first-order valence-corrected chi connectivity index (χ1v) is 7.22. The molecule has 19 heavy (non-hydrogen) atoms. The highest BCUT2D eigenvalue weighted by Gasteiger charge is 2.41. The number of rotatable bonds is 2. The largest absolute Gasteiger partial charge is 0.343 e. The monoisotopic (exact) mass is 302 g/mol. The molecule has 1 fully saturated rings. The quantitative estimate of drug-likeness (QED) is 0.764. The smallest absolute Gasteiger partial charge is 0.193 e. The predicted octanol–water partition coefficient (Wildman–Crippen LogP) is 5.02. The molecule has 0 aliphatic carbocycles. The van der Waals surface area contributed by atoms with Crippen molar-refractivity contribution in [1.82, 2.24) is 0 Å². The van der Waals surface area contributed by atoms with Crippen molar-refractivity contribution in [3.8, 4) is 0 Å². The molecule has 1 saturated heterocycles. The van der Waals surface area contributed by atoms with Crippen LogP contribution in [0, 0.1) is 5.41 Å².